The van der Waals surface area contributed by atoms with Gasteiger partial charge in [0.2, 0.25) is 16.0 Å². The Kier molecular flexibility index (Phi) is 4.09. The highest BCUT2D eigenvalue weighted by Gasteiger charge is 2.47. The molecular formula is C17H21N5O3S. The molecule has 0 atom stereocenters. The number of sulfonamides is 1. The first kappa shape index (κ1) is 17.2. The van der Waals surface area contributed by atoms with E-state index in [1.165, 1.54) is 12.1 Å². The minimum Gasteiger partial charge on any atom is -0.371 e. The first-order valence-corrected chi connectivity index (χ1v) is 10.0. The summed E-state index contributed by atoms with van der Waals surface area (Å²) < 4.78 is 28.5. The van der Waals surface area contributed by atoms with E-state index in [2.05, 4.69) is 20.2 Å². The molecule has 1 aliphatic heterocycles. The van der Waals surface area contributed by atoms with E-state index in [9.17, 15) is 8.42 Å². The first-order valence-electron chi connectivity index (χ1n) is 8.47. The van der Waals surface area contributed by atoms with Crippen LogP contribution in [-0.4, -0.2) is 43.7 Å². The summed E-state index contributed by atoms with van der Waals surface area (Å²) in [5, 5.41) is 8.23. The molecule has 8 nitrogen and oxygen atoms in total. The Hall–Kier alpha value is -2.23. The fourth-order valence-electron chi connectivity index (χ4n) is 3.14. The summed E-state index contributed by atoms with van der Waals surface area (Å²) in [5.41, 5.74) is 1.72. The van der Waals surface area contributed by atoms with Gasteiger partial charge < -0.3 is 15.0 Å². The number of benzene rings is 1. The Bertz CT molecular complexity index is 926. The molecule has 0 bridgehead atoms. The summed E-state index contributed by atoms with van der Waals surface area (Å²) in [6.45, 7) is 4.37. The summed E-state index contributed by atoms with van der Waals surface area (Å²) in [7, 11) is -3.70. The van der Waals surface area contributed by atoms with Crippen molar-refractivity contribution >= 4 is 27.5 Å². The number of hydrogen-bond donors (Lipinski definition) is 2. The number of hydrogen-bond acceptors (Lipinski definition) is 7. The van der Waals surface area contributed by atoms with Gasteiger partial charge >= 0.3 is 0 Å². The van der Waals surface area contributed by atoms with Gasteiger partial charge in [0.15, 0.2) is 0 Å². The van der Waals surface area contributed by atoms with Crippen LogP contribution in [0.3, 0.4) is 0 Å². The van der Waals surface area contributed by atoms with Crippen LogP contribution < -0.4 is 15.4 Å². The molecule has 2 aliphatic rings. The molecule has 1 saturated heterocycles. The van der Waals surface area contributed by atoms with Crippen molar-refractivity contribution in [3.8, 4) is 0 Å². The van der Waals surface area contributed by atoms with Crippen molar-refractivity contribution in [1.82, 2.24) is 9.97 Å². The van der Waals surface area contributed by atoms with Crippen molar-refractivity contribution < 1.29 is 13.2 Å². The highest BCUT2D eigenvalue weighted by molar-refractivity contribution is 7.89. The van der Waals surface area contributed by atoms with Crippen LogP contribution in [0.15, 0.2) is 35.4 Å². The van der Waals surface area contributed by atoms with Crippen LogP contribution in [0.4, 0.5) is 17.5 Å². The van der Waals surface area contributed by atoms with Crippen LogP contribution in [-0.2, 0) is 14.8 Å². The van der Waals surface area contributed by atoms with Gasteiger partial charge in [-0.05, 0) is 44.0 Å². The second kappa shape index (κ2) is 6.19. The van der Waals surface area contributed by atoms with Gasteiger partial charge in [-0.2, -0.15) is 4.98 Å². The maximum atomic E-state index is 11.3. The van der Waals surface area contributed by atoms with E-state index < -0.39 is 10.0 Å². The van der Waals surface area contributed by atoms with Crippen LogP contribution in [0.2, 0.25) is 0 Å². The van der Waals surface area contributed by atoms with Crippen molar-refractivity contribution in [1.29, 1.82) is 0 Å². The number of primary sulfonamides is 1. The summed E-state index contributed by atoms with van der Waals surface area (Å²) in [5.74, 6) is 1.36. The van der Waals surface area contributed by atoms with Crippen LogP contribution in [0.5, 0.6) is 0 Å². The van der Waals surface area contributed by atoms with Gasteiger partial charge in [0.25, 0.3) is 0 Å². The van der Waals surface area contributed by atoms with Crippen molar-refractivity contribution in [2.75, 3.05) is 29.9 Å². The zero-order valence-electron chi connectivity index (χ0n) is 14.5. The van der Waals surface area contributed by atoms with E-state index in [0.717, 1.165) is 37.3 Å². The fraction of sp³-hybridized carbons (Fsp3) is 0.412. The SMILES string of the molecule is Cc1cnc(Nc2ccc(S(N)(=O)=O)cc2)nc1N1CCOC2(CC2)C1. The highest BCUT2D eigenvalue weighted by atomic mass is 32.2. The Morgan fingerprint density at radius 1 is 1.27 bits per heavy atom. The summed E-state index contributed by atoms with van der Waals surface area (Å²) >= 11 is 0. The Morgan fingerprint density at radius 3 is 2.65 bits per heavy atom. The van der Waals surface area contributed by atoms with Crippen LogP contribution in [0.25, 0.3) is 0 Å². The number of nitrogens with two attached hydrogens (primary N) is 1. The molecule has 2 fully saturated rings. The number of aromatic nitrogens is 2. The van der Waals surface area contributed by atoms with Crippen molar-refractivity contribution in [3.63, 3.8) is 0 Å². The topological polar surface area (TPSA) is 110 Å². The molecule has 1 spiro atoms. The van der Waals surface area contributed by atoms with Gasteiger partial charge in [0.1, 0.15) is 5.82 Å². The van der Waals surface area contributed by atoms with E-state index in [0.29, 0.717) is 18.2 Å². The van der Waals surface area contributed by atoms with Crippen LogP contribution in [0.1, 0.15) is 18.4 Å². The molecule has 3 N–H and O–H groups in total. The molecule has 0 radical (unpaired) electrons. The fourth-order valence-corrected chi connectivity index (χ4v) is 3.65. The van der Waals surface area contributed by atoms with E-state index in [-0.39, 0.29) is 10.5 Å². The molecule has 1 aliphatic carbocycles. The quantitative estimate of drug-likeness (QED) is 0.834. The smallest absolute Gasteiger partial charge is 0.238 e. The Labute approximate surface area is 152 Å². The van der Waals surface area contributed by atoms with Gasteiger partial charge in [-0.3, -0.25) is 0 Å². The van der Waals surface area contributed by atoms with Crippen molar-refractivity contribution in [2.45, 2.75) is 30.3 Å². The van der Waals surface area contributed by atoms with Crippen molar-refractivity contribution in [3.05, 3.63) is 36.0 Å². The lowest BCUT2D eigenvalue weighted by Gasteiger charge is -2.34. The van der Waals surface area contributed by atoms with Crippen LogP contribution >= 0.6 is 0 Å². The maximum absolute atomic E-state index is 11.3. The largest absolute Gasteiger partial charge is 0.371 e. The normalized spacial score (nSPS) is 18.8. The lowest BCUT2D eigenvalue weighted by molar-refractivity contribution is 0.0203. The summed E-state index contributed by atoms with van der Waals surface area (Å²) in [6, 6.07) is 6.17. The average Bonchev–Trinajstić information content (AvgIpc) is 3.35. The Morgan fingerprint density at radius 2 is 2.00 bits per heavy atom. The molecule has 138 valence electrons. The third-order valence-electron chi connectivity index (χ3n) is 4.74. The van der Waals surface area contributed by atoms with Gasteiger partial charge in [0, 0.05) is 30.5 Å². The van der Waals surface area contributed by atoms with Gasteiger partial charge in [-0.15, -0.1) is 0 Å². The number of rotatable bonds is 4. The van der Waals surface area contributed by atoms with Crippen LogP contribution in [0, 0.1) is 6.92 Å². The lowest BCUT2D eigenvalue weighted by atomic mass is 10.2. The molecule has 1 saturated carbocycles. The third kappa shape index (κ3) is 3.50. The molecule has 9 heteroatoms. The number of anilines is 3. The zero-order chi connectivity index (χ0) is 18.4. The summed E-state index contributed by atoms with van der Waals surface area (Å²) in [6.07, 6.45) is 4.00. The summed E-state index contributed by atoms with van der Waals surface area (Å²) in [4.78, 5) is 11.3. The molecule has 1 aromatic heterocycles. The second-order valence-electron chi connectivity index (χ2n) is 6.85. The zero-order valence-corrected chi connectivity index (χ0v) is 15.3. The first-order chi connectivity index (χ1) is 12.3. The number of nitrogens with one attached hydrogen (secondary N) is 1. The molecular weight excluding hydrogens is 354 g/mol. The number of aryl methyl sites for hydroxylation is 1. The maximum Gasteiger partial charge on any atom is 0.238 e. The van der Waals surface area contributed by atoms with E-state index >= 15 is 0 Å². The predicted octanol–water partition coefficient (Wildman–Crippen LogP) is 1.55. The number of nitrogens with zero attached hydrogens (tertiary/aromatic N) is 3. The molecule has 1 aromatic carbocycles. The monoisotopic (exact) mass is 375 g/mol. The standard InChI is InChI=1S/C17H21N5O3S/c1-12-10-19-16(20-13-2-4-14(5-3-13)26(18,23)24)21-15(12)22-8-9-25-17(11-22)6-7-17/h2-5,10H,6-9,11H2,1H3,(H2,18,23,24)(H,19,20,21). The number of ether oxygens (including phenoxy) is 1. The predicted molar refractivity (Wildman–Crippen MR) is 98.0 cm³/mol. The molecule has 0 unspecified atom stereocenters. The molecule has 0 amide bonds. The highest BCUT2D eigenvalue weighted by Crippen LogP contribution is 2.43. The van der Waals surface area contributed by atoms with Gasteiger partial charge in [-0.1, -0.05) is 0 Å². The second-order valence-corrected chi connectivity index (χ2v) is 8.41. The van der Waals surface area contributed by atoms with E-state index in [1.54, 1.807) is 18.3 Å². The molecule has 2 aromatic rings. The van der Waals surface area contributed by atoms with E-state index in [4.69, 9.17) is 9.88 Å². The van der Waals surface area contributed by atoms with E-state index in [1.807, 2.05) is 6.92 Å². The molecule has 2 heterocycles. The third-order valence-corrected chi connectivity index (χ3v) is 5.67. The molecule has 4 rings (SSSR count). The van der Waals surface area contributed by atoms with Crippen molar-refractivity contribution in [2.24, 2.45) is 5.14 Å². The minimum absolute atomic E-state index is 0.0206. The molecule has 26 heavy (non-hydrogen) atoms. The average molecular weight is 375 g/mol. The van der Waals surface area contributed by atoms with Gasteiger partial charge in [0.05, 0.1) is 17.1 Å². The Balaban J connectivity index is 1.54. The minimum atomic E-state index is -3.70. The lowest BCUT2D eigenvalue weighted by Crippen LogP contribution is -2.44. The number of morpholine rings is 1. The van der Waals surface area contributed by atoms with Gasteiger partial charge in [-0.25, -0.2) is 18.5 Å².